The summed E-state index contributed by atoms with van der Waals surface area (Å²) in [6.07, 6.45) is 1.39. The molecule has 136 valence electrons. The lowest BCUT2D eigenvalue weighted by Crippen LogP contribution is -2.32. The Bertz CT molecular complexity index is 852. The van der Waals surface area contributed by atoms with Crippen LogP contribution in [0, 0.1) is 6.92 Å². The molecule has 2 N–H and O–H groups in total. The Morgan fingerprint density at radius 2 is 1.77 bits per heavy atom. The summed E-state index contributed by atoms with van der Waals surface area (Å²) < 4.78 is 10.3. The number of benzene rings is 2. The summed E-state index contributed by atoms with van der Waals surface area (Å²) in [5.74, 6) is -0.650. The highest BCUT2D eigenvalue weighted by Crippen LogP contribution is 2.26. The van der Waals surface area contributed by atoms with Crippen LogP contribution in [-0.2, 0) is 9.59 Å². The van der Waals surface area contributed by atoms with Crippen LogP contribution in [-0.4, -0.2) is 32.2 Å². The Balaban J connectivity index is 1.98. The lowest BCUT2D eigenvalue weighted by Gasteiger charge is -2.08. The minimum Gasteiger partial charge on any atom is -0.493 e. The van der Waals surface area contributed by atoms with Crippen LogP contribution in [0.1, 0.15) is 11.1 Å². The van der Waals surface area contributed by atoms with Crippen molar-refractivity contribution < 1.29 is 19.1 Å². The number of rotatable bonds is 5. The number of nitrogens with one attached hydrogen (secondary N) is 2. The van der Waals surface area contributed by atoms with Crippen LogP contribution in [0.5, 0.6) is 11.5 Å². The molecule has 0 aliphatic heterocycles. The number of nitrogens with zero attached hydrogens (tertiary/aromatic N) is 1. The van der Waals surface area contributed by atoms with Crippen molar-refractivity contribution in [2.45, 2.75) is 6.92 Å². The number of aryl methyl sites for hydroxylation is 1. The van der Waals surface area contributed by atoms with Gasteiger partial charge in [-0.1, -0.05) is 17.7 Å². The molecule has 0 saturated carbocycles. The molecule has 0 spiro atoms. The lowest BCUT2D eigenvalue weighted by atomic mass is 10.2. The number of hydrogen-bond acceptors (Lipinski definition) is 5. The van der Waals surface area contributed by atoms with Crippen LogP contribution in [0.4, 0.5) is 5.69 Å². The van der Waals surface area contributed by atoms with Gasteiger partial charge in [-0.2, -0.15) is 5.10 Å². The van der Waals surface area contributed by atoms with Gasteiger partial charge in [0.15, 0.2) is 11.5 Å². The number of hydrazone groups is 1. The Hall–Kier alpha value is -3.06. The molecule has 0 radical (unpaired) electrons. The molecule has 0 aromatic heterocycles. The summed E-state index contributed by atoms with van der Waals surface area (Å²) in [4.78, 5) is 23.8. The highest BCUT2D eigenvalue weighted by Gasteiger charge is 2.14. The SMILES string of the molecule is COc1ccc(C=NNC(=O)C(=O)Nc2cc(Cl)ccc2C)cc1OC. The second-order valence-corrected chi connectivity index (χ2v) is 5.66. The first kappa shape index (κ1) is 19.3. The zero-order chi connectivity index (χ0) is 19.1. The summed E-state index contributed by atoms with van der Waals surface area (Å²) in [6, 6.07) is 10.1. The predicted molar refractivity (Wildman–Crippen MR) is 100 cm³/mol. The van der Waals surface area contributed by atoms with Gasteiger partial charge in [-0.3, -0.25) is 9.59 Å². The molecular weight excluding hydrogens is 358 g/mol. The van der Waals surface area contributed by atoms with Crippen molar-refractivity contribution in [3.8, 4) is 11.5 Å². The second-order valence-electron chi connectivity index (χ2n) is 5.23. The maximum Gasteiger partial charge on any atom is 0.329 e. The lowest BCUT2D eigenvalue weighted by molar-refractivity contribution is -0.136. The van der Waals surface area contributed by atoms with E-state index in [-0.39, 0.29) is 0 Å². The van der Waals surface area contributed by atoms with E-state index in [1.165, 1.54) is 20.4 Å². The molecule has 8 heteroatoms. The molecule has 0 saturated heterocycles. The van der Waals surface area contributed by atoms with Gasteiger partial charge >= 0.3 is 11.8 Å². The van der Waals surface area contributed by atoms with E-state index in [0.717, 1.165) is 5.56 Å². The molecular formula is C18H18ClN3O4. The van der Waals surface area contributed by atoms with Gasteiger partial charge in [-0.15, -0.1) is 0 Å². The fourth-order valence-corrected chi connectivity index (χ4v) is 2.23. The minimum atomic E-state index is -0.902. The summed E-state index contributed by atoms with van der Waals surface area (Å²) in [7, 11) is 3.05. The molecule has 0 heterocycles. The van der Waals surface area contributed by atoms with Crippen molar-refractivity contribution in [1.29, 1.82) is 0 Å². The second kappa shape index (κ2) is 8.87. The van der Waals surface area contributed by atoms with Crippen molar-refractivity contribution in [2.24, 2.45) is 5.10 Å². The largest absolute Gasteiger partial charge is 0.493 e. The molecule has 0 bridgehead atoms. The number of halogens is 1. The zero-order valence-corrected chi connectivity index (χ0v) is 15.3. The Kier molecular flexibility index (Phi) is 6.57. The van der Waals surface area contributed by atoms with E-state index in [1.807, 2.05) is 0 Å². The Labute approximate surface area is 155 Å². The average molecular weight is 376 g/mol. The first-order valence-corrected chi connectivity index (χ1v) is 7.95. The number of amides is 2. The third-order valence-electron chi connectivity index (χ3n) is 3.44. The maximum atomic E-state index is 11.9. The van der Waals surface area contributed by atoms with Crippen molar-refractivity contribution in [1.82, 2.24) is 5.43 Å². The quantitative estimate of drug-likeness (QED) is 0.477. The third-order valence-corrected chi connectivity index (χ3v) is 3.68. The number of methoxy groups -OCH3 is 2. The molecule has 0 aliphatic rings. The molecule has 26 heavy (non-hydrogen) atoms. The molecule has 7 nitrogen and oxygen atoms in total. The molecule has 2 aromatic rings. The van der Waals surface area contributed by atoms with E-state index in [1.54, 1.807) is 43.3 Å². The predicted octanol–water partition coefficient (Wildman–Crippen LogP) is 2.75. The average Bonchev–Trinajstić information content (AvgIpc) is 2.64. The minimum absolute atomic E-state index is 0.456. The van der Waals surface area contributed by atoms with Gasteiger partial charge in [-0.05, 0) is 48.4 Å². The fourth-order valence-electron chi connectivity index (χ4n) is 2.06. The Morgan fingerprint density at radius 3 is 2.46 bits per heavy atom. The van der Waals surface area contributed by atoms with Gasteiger partial charge in [0.25, 0.3) is 0 Å². The first-order chi connectivity index (χ1) is 12.4. The van der Waals surface area contributed by atoms with Crippen LogP contribution >= 0.6 is 11.6 Å². The van der Waals surface area contributed by atoms with E-state index in [2.05, 4.69) is 15.8 Å². The number of hydrogen-bond donors (Lipinski definition) is 2. The fraction of sp³-hybridized carbons (Fsp3) is 0.167. The topological polar surface area (TPSA) is 89.0 Å². The van der Waals surface area contributed by atoms with E-state index >= 15 is 0 Å². The van der Waals surface area contributed by atoms with Gasteiger partial charge in [-0.25, -0.2) is 5.43 Å². The molecule has 2 amide bonds. The molecule has 2 rings (SSSR count). The van der Waals surface area contributed by atoms with E-state index in [9.17, 15) is 9.59 Å². The summed E-state index contributed by atoms with van der Waals surface area (Å²) >= 11 is 5.88. The number of carbonyl (C=O) groups is 2. The standard InChI is InChI=1S/C18H18ClN3O4/c1-11-4-6-13(19)9-14(11)21-17(23)18(24)22-20-10-12-5-7-15(25-2)16(8-12)26-3/h4-10H,1-3H3,(H,21,23)(H,22,24). The van der Waals surface area contributed by atoms with Gasteiger partial charge < -0.3 is 14.8 Å². The van der Waals surface area contributed by atoms with Crippen molar-refractivity contribution >= 4 is 35.3 Å². The van der Waals surface area contributed by atoms with E-state index in [0.29, 0.717) is 27.8 Å². The monoisotopic (exact) mass is 375 g/mol. The van der Waals surface area contributed by atoms with E-state index < -0.39 is 11.8 Å². The third kappa shape index (κ3) is 4.97. The van der Waals surface area contributed by atoms with Crippen molar-refractivity contribution in [2.75, 3.05) is 19.5 Å². The molecule has 0 fully saturated rings. The Morgan fingerprint density at radius 1 is 1.04 bits per heavy atom. The number of ether oxygens (including phenoxy) is 2. The molecule has 2 aromatic carbocycles. The van der Waals surface area contributed by atoms with Gasteiger partial charge in [0.1, 0.15) is 0 Å². The van der Waals surface area contributed by atoms with Crippen LogP contribution in [0.15, 0.2) is 41.5 Å². The normalized spacial score (nSPS) is 10.5. The molecule has 0 atom stereocenters. The van der Waals surface area contributed by atoms with Crippen LogP contribution < -0.4 is 20.2 Å². The summed E-state index contributed by atoms with van der Waals surface area (Å²) in [5, 5.41) is 6.71. The van der Waals surface area contributed by atoms with Gasteiger partial charge in [0, 0.05) is 10.7 Å². The summed E-state index contributed by atoms with van der Waals surface area (Å²) in [6.45, 7) is 1.79. The molecule has 0 unspecified atom stereocenters. The van der Waals surface area contributed by atoms with Crippen molar-refractivity contribution in [3.63, 3.8) is 0 Å². The zero-order valence-electron chi connectivity index (χ0n) is 14.5. The van der Waals surface area contributed by atoms with E-state index in [4.69, 9.17) is 21.1 Å². The van der Waals surface area contributed by atoms with Gasteiger partial charge in [0.05, 0.1) is 20.4 Å². The van der Waals surface area contributed by atoms with Crippen LogP contribution in [0.2, 0.25) is 5.02 Å². The first-order valence-electron chi connectivity index (χ1n) is 7.57. The number of carbonyl (C=O) groups excluding carboxylic acids is 2. The smallest absolute Gasteiger partial charge is 0.329 e. The number of anilines is 1. The van der Waals surface area contributed by atoms with Crippen LogP contribution in [0.25, 0.3) is 0 Å². The van der Waals surface area contributed by atoms with Crippen molar-refractivity contribution in [3.05, 3.63) is 52.5 Å². The highest BCUT2D eigenvalue weighted by atomic mass is 35.5. The molecule has 0 aliphatic carbocycles. The maximum absolute atomic E-state index is 11.9. The summed E-state index contributed by atoms with van der Waals surface area (Å²) in [5.41, 5.74) is 4.07. The van der Waals surface area contributed by atoms with Crippen LogP contribution in [0.3, 0.4) is 0 Å². The highest BCUT2D eigenvalue weighted by molar-refractivity contribution is 6.40. The van der Waals surface area contributed by atoms with Gasteiger partial charge in [0.2, 0.25) is 0 Å².